The Balaban J connectivity index is 0. The van der Waals surface area contributed by atoms with Gasteiger partial charge in [-0.1, -0.05) is 5.92 Å². The standard InChI is InChI=1S/C6H7O4P.ClH/c1-3-5-6(4-2)10-11(7,8)9;/h1-2,6H,5H2,(H2,7,8,9);1H. The Morgan fingerprint density at radius 1 is 1.50 bits per heavy atom. The Bertz CT molecular complexity index is 245. The molecule has 0 bridgehead atoms. The number of phosphoric ester groups is 1. The molecule has 0 aromatic rings. The molecule has 0 aliphatic rings. The zero-order valence-corrected chi connectivity index (χ0v) is 7.72. The van der Waals surface area contributed by atoms with Crippen LogP contribution in [0.5, 0.6) is 0 Å². The molecule has 68 valence electrons. The summed E-state index contributed by atoms with van der Waals surface area (Å²) in [7, 11) is -4.51. The van der Waals surface area contributed by atoms with Crippen LogP contribution in [0.25, 0.3) is 0 Å². The number of terminal acetylenes is 2. The van der Waals surface area contributed by atoms with Crippen LogP contribution >= 0.6 is 20.2 Å². The molecular formula is C6H8ClO4P. The van der Waals surface area contributed by atoms with Crippen LogP contribution in [0.2, 0.25) is 0 Å². The van der Waals surface area contributed by atoms with Crippen molar-refractivity contribution in [2.24, 2.45) is 0 Å². The van der Waals surface area contributed by atoms with E-state index in [1.54, 1.807) is 0 Å². The summed E-state index contributed by atoms with van der Waals surface area (Å²) in [5, 5.41) is 0. The molecule has 0 spiro atoms. The van der Waals surface area contributed by atoms with Gasteiger partial charge in [0.2, 0.25) is 0 Å². The van der Waals surface area contributed by atoms with Crippen molar-refractivity contribution in [2.45, 2.75) is 12.5 Å². The number of hydrogen-bond acceptors (Lipinski definition) is 2. The molecule has 0 rings (SSSR count). The van der Waals surface area contributed by atoms with Gasteiger partial charge in [-0.2, -0.15) is 0 Å². The van der Waals surface area contributed by atoms with Crippen LogP contribution in [0.3, 0.4) is 0 Å². The highest BCUT2D eigenvalue weighted by atomic mass is 35.5. The summed E-state index contributed by atoms with van der Waals surface area (Å²) in [5.74, 6) is 4.13. The molecule has 0 aliphatic carbocycles. The van der Waals surface area contributed by atoms with Crippen molar-refractivity contribution < 1.29 is 18.9 Å². The lowest BCUT2D eigenvalue weighted by atomic mass is 10.3. The summed E-state index contributed by atoms with van der Waals surface area (Å²) in [6.07, 6.45) is 8.67. The van der Waals surface area contributed by atoms with Gasteiger partial charge in [0.1, 0.15) is 6.10 Å². The van der Waals surface area contributed by atoms with Crippen molar-refractivity contribution in [3.63, 3.8) is 0 Å². The molecule has 1 atom stereocenters. The number of halogens is 1. The van der Waals surface area contributed by atoms with Crippen LogP contribution in [-0.4, -0.2) is 15.9 Å². The summed E-state index contributed by atoms with van der Waals surface area (Å²) < 4.78 is 14.3. The van der Waals surface area contributed by atoms with E-state index in [2.05, 4.69) is 10.4 Å². The fourth-order valence-corrected chi connectivity index (χ4v) is 0.866. The fraction of sp³-hybridized carbons (Fsp3) is 0.333. The summed E-state index contributed by atoms with van der Waals surface area (Å²) in [4.78, 5) is 16.5. The van der Waals surface area contributed by atoms with E-state index < -0.39 is 13.9 Å². The van der Waals surface area contributed by atoms with Crippen molar-refractivity contribution in [3.8, 4) is 24.7 Å². The monoisotopic (exact) mass is 210 g/mol. The van der Waals surface area contributed by atoms with Crippen LogP contribution in [0, 0.1) is 24.7 Å². The van der Waals surface area contributed by atoms with Crippen molar-refractivity contribution in [3.05, 3.63) is 0 Å². The van der Waals surface area contributed by atoms with Gasteiger partial charge in [0, 0.05) is 6.42 Å². The SMILES string of the molecule is C#CCC(C#C)OP(=O)(O)O.Cl. The van der Waals surface area contributed by atoms with Gasteiger partial charge in [-0.3, -0.25) is 4.52 Å². The molecule has 2 N–H and O–H groups in total. The molecule has 1 unspecified atom stereocenters. The van der Waals surface area contributed by atoms with E-state index in [1.807, 2.05) is 5.92 Å². The molecule has 0 amide bonds. The molecule has 4 nitrogen and oxygen atoms in total. The van der Waals surface area contributed by atoms with Crippen molar-refractivity contribution >= 4 is 20.2 Å². The highest BCUT2D eigenvalue weighted by Crippen LogP contribution is 2.37. The summed E-state index contributed by atoms with van der Waals surface area (Å²) in [5.41, 5.74) is 0. The second-order valence-corrected chi connectivity index (χ2v) is 2.85. The van der Waals surface area contributed by atoms with Crippen LogP contribution in [0.15, 0.2) is 0 Å². The molecule has 0 saturated carbocycles. The Hall–Kier alpha value is -0.480. The minimum absolute atomic E-state index is 0. The van der Waals surface area contributed by atoms with E-state index in [0.29, 0.717) is 0 Å². The van der Waals surface area contributed by atoms with Crippen molar-refractivity contribution in [1.29, 1.82) is 0 Å². The first-order valence-electron chi connectivity index (χ1n) is 2.63. The third-order valence-corrected chi connectivity index (χ3v) is 1.28. The molecule has 0 radical (unpaired) electrons. The lowest BCUT2D eigenvalue weighted by molar-refractivity contribution is 0.169. The highest BCUT2D eigenvalue weighted by molar-refractivity contribution is 7.46. The van der Waals surface area contributed by atoms with Crippen LogP contribution in [0.4, 0.5) is 0 Å². The minimum atomic E-state index is -4.51. The van der Waals surface area contributed by atoms with Crippen molar-refractivity contribution in [2.75, 3.05) is 0 Å². The zero-order valence-electron chi connectivity index (χ0n) is 6.01. The van der Waals surface area contributed by atoms with Gasteiger partial charge >= 0.3 is 7.82 Å². The van der Waals surface area contributed by atoms with E-state index in [9.17, 15) is 4.57 Å². The molecule has 0 saturated heterocycles. The maximum atomic E-state index is 10.2. The largest absolute Gasteiger partial charge is 0.470 e. The Morgan fingerprint density at radius 3 is 2.25 bits per heavy atom. The zero-order chi connectivity index (χ0) is 8.91. The van der Waals surface area contributed by atoms with Gasteiger partial charge < -0.3 is 9.79 Å². The molecule has 0 heterocycles. The minimum Gasteiger partial charge on any atom is -0.303 e. The van der Waals surface area contributed by atoms with E-state index >= 15 is 0 Å². The van der Waals surface area contributed by atoms with Gasteiger partial charge in [0.15, 0.2) is 0 Å². The predicted molar refractivity (Wildman–Crippen MR) is 46.4 cm³/mol. The molecule has 6 heteroatoms. The summed E-state index contributed by atoms with van der Waals surface area (Å²) >= 11 is 0. The number of rotatable bonds is 3. The highest BCUT2D eigenvalue weighted by Gasteiger charge is 2.19. The van der Waals surface area contributed by atoms with E-state index in [1.165, 1.54) is 0 Å². The average molecular weight is 211 g/mol. The molecule has 12 heavy (non-hydrogen) atoms. The number of hydrogen-bond donors (Lipinski definition) is 2. The second kappa shape index (κ2) is 6.08. The predicted octanol–water partition coefficient (Wildman–Crippen LogP) is 0.543. The van der Waals surface area contributed by atoms with Gasteiger partial charge in [-0.25, -0.2) is 4.57 Å². The molecule has 0 aliphatic heterocycles. The fourth-order valence-electron chi connectivity index (χ4n) is 0.399. The molecule has 0 aromatic carbocycles. The van der Waals surface area contributed by atoms with Crippen molar-refractivity contribution in [1.82, 2.24) is 0 Å². The van der Waals surface area contributed by atoms with Crippen LogP contribution < -0.4 is 0 Å². The quantitative estimate of drug-likeness (QED) is 0.527. The lowest BCUT2D eigenvalue weighted by Crippen LogP contribution is -2.06. The Morgan fingerprint density at radius 2 is 2.00 bits per heavy atom. The molecule has 0 fully saturated rings. The van der Waals surface area contributed by atoms with E-state index in [4.69, 9.17) is 22.6 Å². The van der Waals surface area contributed by atoms with E-state index in [0.717, 1.165) is 0 Å². The second-order valence-electron chi connectivity index (χ2n) is 1.66. The molecular weight excluding hydrogens is 202 g/mol. The first kappa shape index (κ1) is 14.1. The Labute approximate surface area is 77.0 Å². The topological polar surface area (TPSA) is 66.8 Å². The van der Waals surface area contributed by atoms with Gasteiger partial charge in [-0.05, 0) is 0 Å². The smallest absolute Gasteiger partial charge is 0.303 e. The van der Waals surface area contributed by atoms with Crippen LogP contribution in [-0.2, 0) is 9.09 Å². The maximum Gasteiger partial charge on any atom is 0.470 e. The van der Waals surface area contributed by atoms with Gasteiger partial charge in [0.25, 0.3) is 0 Å². The first-order valence-corrected chi connectivity index (χ1v) is 4.16. The lowest BCUT2D eigenvalue weighted by Gasteiger charge is -2.08. The number of phosphoric acid groups is 1. The van der Waals surface area contributed by atoms with Gasteiger partial charge in [0.05, 0.1) is 0 Å². The maximum absolute atomic E-state index is 10.2. The third-order valence-electron chi connectivity index (χ3n) is 0.754. The van der Waals surface area contributed by atoms with Gasteiger partial charge in [-0.15, -0.1) is 31.2 Å². The first-order chi connectivity index (χ1) is 4.99. The summed E-state index contributed by atoms with van der Waals surface area (Å²) in [6.45, 7) is 0. The average Bonchev–Trinajstić information content (AvgIpc) is 1.84. The van der Waals surface area contributed by atoms with Crippen LogP contribution in [0.1, 0.15) is 6.42 Å². The third kappa shape index (κ3) is 7.63. The molecule has 0 aromatic heterocycles. The Kier molecular flexibility index (Phi) is 7.13. The normalized spacial score (nSPS) is 12.0. The van der Waals surface area contributed by atoms with E-state index in [-0.39, 0.29) is 18.8 Å². The summed E-state index contributed by atoms with van der Waals surface area (Å²) in [6, 6.07) is 0.